The topological polar surface area (TPSA) is 45.2 Å². The van der Waals surface area contributed by atoms with E-state index in [1.807, 2.05) is 23.2 Å². The average Bonchev–Trinajstić information content (AvgIpc) is 2.24. The quantitative estimate of drug-likeness (QED) is 0.845. The Morgan fingerprint density at radius 2 is 2.35 bits per heavy atom. The summed E-state index contributed by atoms with van der Waals surface area (Å²) in [5.41, 5.74) is 1.09. The predicted octanol–water partition coefficient (Wildman–Crippen LogP) is 1.04. The first-order chi connectivity index (χ1) is 8.18. The van der Waals surface area contributed by atoms with E-state index in [9.17, 15) is 4.79 Å². The zero-order valence-electron chi connectivity index (χ0n) is 10.4. The number of nitrogens with zero attached hydrogens (tertiary/aromatic N) is 2. The second-order valence-corrected chi connectivity index (χ2v) is 4.78. The molecule has 1 aromatic rings. The second-order valence-electron chi connectivity index (χ2n) is 4.78. The molecule has 0 aromatic carbocycles. The van der Waals surface area contributed by atoms with E-state index >= 15 is 0 Å². The Morgan fingerprint density at radius 1 is 1.59 bits per heavy atom. The van der Waals surface area contributed by atoms with Crippen molar-refractivity contribution >= 4 is 5.91 Å². The van der Waals surface area contributed by atoms with Crippen LogP contribution in [0.4, 0.5) is 0 Å². The molecule has 17 heavy (non-hydrogen) atoms. The maximum atomic E-state index is 12.2. The Morgan fingerprint density at radius 3 is 2.82 bits per heavy atom. The van der Waals surface area contributed by atoms with E-state index in [1.165, 1.54) is 0 Å². The number of carbonyl (C=O) groups is 1. The minimum absolute atomic E-state index is 0.161. The molecule has 2 rings (SSSR count). The molecule has 1 fully saturated rings. The van der Waals surface area contributed by atoms with Crippen LogP contribution in [-0.2, 0) is 11.3 Å². The van der Waals surface area contributed by atoms with Gasteiger partial charge in [0.1, 0.15) is 0 Å². The first-order valence-corrected chi connectivity index (χ1v) is 6.08. The first-order valence-electron chi connectivity index (χ1n) is 6.08. The molecule has 0 atom stereocenters. The van der Waals surface area contributed by atoms with E-state index in [2.05, 4.69) is 24.1 Å². The molecule has 92 valence electrons. The summed E-state index contributed by atoms with van der Waals surface area (Å²) in [6, 6.07) is 4.14. The summed E-state index contributed by atoms with van der Waals surface area (Å²) in [7, 11) is 0. The van der Waals surface area contributed by atoms with Crippen LogP contribution in [0.1, 0.15) is 19.4 Å². The summed E-state index contributed by atoms with van der Waals surface area (Å²) in [5, 5.41) is 3.14. The van der Waals surface area contributed by atoms with Crippen molar-refractivity contribution in [1.82, 2.24) is 15.2 Å². The molecule has 2 heterocycles. The molecule has 1 N–H and O–H groups in total. The summed E-state index contributed by atoms with van der Waals surface area (Å²) >= 11 is 0. The normalized spacial score (nSPS) is 15.7. The van der Waals surface area contributed by atoms with Gasteiger partial charge in [0.15, 0.2) is 0 Å². The third-order valence-corrected chi connectivity index (χ3v) is 3.11. The van der Waals surface area contributed by atoms with Crippen LogP contribution < -0.4 is 5.32 Å². The van der Waals surface area contributed by atoms with Crippen LogP contribution in [0.15, 0.2) is 24.5 Å². The third kappa shape index (κ3) is 2.82. The number of hydrogen-bond donors (Lipinski definition) is 1. The summed E-state index contributed by atoms with van der Waals surface area (Å²) in [6.07, 6.45) is 3.57. The number of carbonyl (C=O) groups excluding carboxylic acids is 1. The van der Waals surface area contributed by atoms with E-state index in [4.69, 9.17) is 0 Å². The highest BCUT2D eigenvalue weighted by Crippen LogP contribution is 2.14. The van der Waals surface area contributed by atoms with Gasteiger partial charge in [0.25, 0.3) is 0 Å². The van der Waals surface area contributed by atoms with Crippen LogP contribution in [0.2, 0.25) is 0 Å². The monoisotopic (exact) mass is 233 g/mol. The number of hydrogen-bond acceptors (Lipinski definition) is 3. The van der Waals surface area contributed by atoms with Crippen molar-refractivity contribution in [2.45, 2.75) is 26.4 Å². The van der Waals surface area contributed by atoms with Crippen molar-refractivity contribution in [1.29, 1.82) is 0 Å². The fourth-order valence-corrected chi connectivity index (χ4v) is 1.90. The molecule has 1 amide bonds. The minimum atomic E-state index is 0.161. The molecule has 1 aliphatic rings. The van der Waals surface area contributed by atoms with Gasteiger partial charge in [0.05, 0.1) is 5.92 Å². The standard InChI is InChI=1S/C13H19N3O/c1-10(2)16(13(17)12-7-15-8-12)9-11-4-3-5-14-6-11/h3-6,10,12,15H,7-9H2,1-2H3. The van der Waals surface area contributed by atoms with Crippen LogP contribution in [0, 0.1) is 5.92 Å². The molecule has 0 saturated carbocycles. The molecular formula is C13H19N3O. The van der Waals surface area contributed by atoms with Gasteiger partial charge in [-0.3, -0.25) is 9.78 Å². The van der Waals surface area contributed by atoms with Crippen molar-refractivity contribution in [3.8, 4) is 0 Å². The van der Waals surface area contributed by atoms with Gasteiger partial charge in [-0.1, -0.05) is 6.07 Å². The van der Waals surface area contributed by atoms with E-state index < -0.39 is 0 Å². The van der Waals surface area contributed by atoms with Gasteiger partial charge >= 0.3 is 0 Å². The van der Waals surface area contributed by atoms with Gasteiger partial charge in [-0.25, -0.2) is 0 Å². The Balaban J connectivity index is 2.04. The summed E-state index contributed by atoms with van der Waals surface area (Å²) in [4.78, 5) is 18.3. The second kappa shape index (κ2) is 5.27. The maximum Gasteiger partial charge on any atom is 0.228 e. The number of nitrogens with one attached hydrogen (secondary N) is 1. The minimum Gasteiger partial charge on any atom is -0.336 e. The largest absolute Gasteiger partial charge is 0.336 e. The SMILES string of the molecule is CC(C)N(Cc1cccnc1)C(=O)C1CNC1. The lowest BCUT2D eigenvalue weighted by Gasteiger charge is -2.34. The van der Waals surface area contributed by atoms with Crippen molar-refractivity contribution in [2.75, 3.05) is 13.1 Å². The van der Waals surface area contributed by atoms with Gasteiger partial charge in [0.2, 0.25) is 5.91 Å². The Hall–Kier alpha value is -1.42. The summed E-state index contributed by atoms with van der Waals surface area (Å²) in [6.45, 7) is 6.39. The Kier molecular flexibility index (Phi) is 3.74. The van der Waals surface area contributed by atoms with Crippen molar-refractivity contribution in [3.63, 3.8) is 0 Å². The number of aromatic nitrogens is 1. The number of amides is 1. The lowest BCUT2D eigenvalue weighted by molar-refractivity contribution is -0.139. The molecule has 0 radical (unpaired) electrons. The van der Waals surface area contributed by atoms with Gasteiger partial charge in [-0.05, 0) is 25.5 Å². The molecule has 0 unspecified atom stereocenters. The van der Waals surface area contributed by atoms with Crippen LogP contribution in [0.25, 0.3) is 0 Å². The fraction of sp³-hybridized carbons (Fsp3) is 0.538. The average molecular weight is 233 g/mol. The van der Waals surface area contributed by atoms with E-state index in [0.29, 0.717) is 6.54 Å². The van der Waals surface area contributed by atoms with Crippen LogP contribution in [0.5, 0.6) is 0 Å². The highest BCUT2D eigenvalue weighted by Gasteiger charge is 2.30. The third-order valence-electron chi connectivity index (χ3n) is 3.11. The predicted molar refractivity (Wildman–Crippen MR) is 66.3 cm³/mol. The molecule has 4 nitrogen and oxygen atoms in total. The van der Waals surface area contributed by atoms with Gasteiger partial charge < -0.3 is 10.2 Å². The molecule has 4 heteroatoms. The molecule has 1 saturated heterocycles. The summed E-state index contributed by atoms with van der Waals surface area (Å²) in [5.74, 6) is 0.414. The highest BCUT2D eigenvalue weighted by atomic mass is 16.2. The molecule has 0 bridgehead atoms. The lowest BCUT2D eigenvalue weighted by Crippen LogP contribution is -2.53. The van der Waals surface area contributed by atoms with Gasteiger partial charge in [-0.2, -0.15) is 0 Å². The van der Waals surface area contributed by atoms with Gasteiger partial charge in [0, 0.05) is 38.1 Å². The first kappa shape index (κ1) is 12.0. The summed E-state index contributed by atoms with van der Waals surface area (Å²) < 4.78 is 0. The molecule has 1 aliphatic heterocycles. The lowest BCUT2D eigenvalue weighted by atomic mass is 10.0. The van der Waals surface area contributed by atoms with Crippen LogP contribution in [-0.4, -0.2) is 34.9 Å². The van der Waals surface area contributed by atoms with Crippen LogP contribution >= 0.6 is 0 Å². The van der Waals surface area contributed by atoms with Crippen molar-refractivity contribution < 1.29 is 4.79 Å². The fourth-order valence-electron chi connectivity index (χ4n) is 1.90. The number of rotatable bonds is 4. The van der Waals surface area contributed by atoms with Crippen molar-refractivity contribution in [2.24, 2.45) is 5.92 Å². The molecule has 0 aliphatic carbocycles. The van der Waals surface area contributed by atoms with E-state index in [-0.39, 0.29) is 17.9 Å². The zero-order chi connectivity index (χ0) is 12.3. The smallest absolute Gasteiger partial charge is 0.228 e. The molecule has 1 aromatic heterocycles. The van der Waals surface area contributed by atoms with Crippen LogP contribution in [0.3, 0.4) is 0 Å². The van der Waals surface area contributed by atoms with E-state index in [0.717, 1.165) is 18.7 Å². The van der Waals surface area contributed by atoms with E-state index in [1.54, 1.807) is 6.20 Å². The highest BCUT2D eigenvalue weighted by molar-refractivity contribution is 5.80. The number of pyridine rings is 1. The Bertz CT molecular complexity index is 374. The maximum absolute atomic E-state index is 12.2. The van der Waals surface area contributed by atoms with Crippen molar-refractivity contribution in [3.05, 3.63) is 30.1 Å². The van der Waals surface area contributed by atoms with Gasteiger partial charge in [-0.15, -0.1) is 0 Å². The zero-order valence-corrected chi connectivity index (χ0v) is 10.4. The molecule has 0 spiro atoms. The Labute approximate surface area is 102 Å². The molecular weight excluding hydrogens is 214 g/mol.